The van der Waals surface area contributed by atoms with Crippen LogP contribution in [0.25, 0.3) is 0 Å². The highest BCUT2D eigenvalue weighted by Gasteiger charge is 2.34. The van der Waals surface area contributed by atoms with E-state index >= 15 is 0 Å². The number of halogens is 4. The first-order valence-electron chi connectivity index (χ1n) is 4.88. The van der Waals surface area contributed by atoms with Crippen molar-refractivity contribution in [2.24, 2.45) is 0 Å². The Morgan fingerprint density at radius 1 is 1.31 bits per heavy atom. The standard InChI is InChI=1S/C11H12F4O/c1-2-8(16)5-7-3-4-10(12)9(6-7)11(13,14)15/h3-4,6,8,16H,2,5H2,1H3. The maximum atomic E-state index is 12.9. The van der Waals surface area contributed by atoms with Crippen molar-refractivity contribution < 1.29 is 22.7 Å². The summed E-state index contributed by atoms with van der Waals surface area (Å²) in [4.78, 5) is 0. The highest BCUT2D eigenvalue weighted by Crippen LogP contribution is 2.32. The number of hydrogen-bond acceptors (Lipinski definition) is 1. The van der Waals surface area contributed by atoms with Crippen molar-refractivity contribution in [1.29, 1.82) is 0 Å². The van der Waals surface area contributed by atoms with Gasteiger partial charge in [-0.3, -0.25) is 0 Å². The molecule has 90 valence electrons. The van der Waals surface area contributed by atoms with Crippen molar-refractivity contribution in [3.63, 3.8) is 0 Å². The molecule has 0 saturated carbocycles. The second-order valence-corrected chi connectivity index (χ2v) is 3.58. The molecule has 1 N–H and O–H groups in total. The van der Waals surface area contributed by atoms with Crippen molar-refractivity contribution in [1.82, 2.24) is 0 Å². The molecule has 1 aromatic rings. The Morgan fingerprint density at radius 2 is 1.94 bits per heavy atom. The molecule has 0 saturated heterocycles. The lowest BCUT2D eigenvalue weighted by Crippen LogP contribution is -2.12. The van der Waals surface area contributed by atoms with Crippen LogP contribution in [0.3, 0.4) is 0 Å². The van der Waals surface area contributed by atoms with Gasteiger partial charge in [0, 0.05) is 0 Å². The van der Waals surface area contributed by atoms with Crippen molar-refractivity contribution in [2.45, 2.75) is 32.0 Å². The van der Waals surface area contributed by atoms with Gasteiger partial charge in [-0.05, 0) is 30.5 Å². The van der Waals surface area contributed by atoms with Crippen LogP contribution in [-0.4, -0.2) is 11.2 Å². The number of rotatable bonds is 3. The number of benzene rings is 1. The fourth-order valence-electron chi connectivity index (χ4n) is 1.33. The van der Waals surface area contributed by atoms with E-state index in [0.717, 1.165) is 12.1 Å². The zero-order chi connectivity index (χ0) is 12.3. The van der Waals surface area contributed by atoms with Crippen molar-refractivity contribution in [3.05, 3.63) is 35.1 Å². The van der Waals surface area contributed by atoms with E-state index in [4.69, 9.17) is 0 Å². The fourth-order valence-corrected chi connectivity index (χ4v) is 1.33. The minimum Gasteiger partial charge on any atom is -0.393 e. The van der Waals surface area contributed by atoms with Crippen molar-refractivity contribution in [3.8, 4) is 0 Å². The average molecular weight is 236 g/mol. The van der Waals surface area contributed by atoms with Gasteiger partial charge >= 0.3 is 6.18 Å². The van der Waals surface area contributed by atoms with Crippen LogP contribution in [0.2, 0.25) is 0 Å². The Hall–Kier alpha value is -1.10. The highest BCUT2D eigenvalue weighted by atomic mass is 19.4. The number of aliphatic hydroxyl groups is 1. The molecule has 0 spiro atoms. The van der Waals surface area contributed by atoms with Gasteiger partial charge in [-0.25, -0.2) is 4.39 Å². The second kappa shape index (κ2) is 4.82. The summed E-state index contributed by atoms with van der Waals surface area (Å²) >= 11 is 0. The van der Waals surface area contributed by atoms with E-state index in [1.54, 1.807) is 6.92 Å². The van der Waals surface area contributed by atoms with Gasteiger partial charge in [0.2, 0.25) is 0 Å². The van der Waals surface area contributed by atoms with E-state index in [0.29, 0.717) is 6.42 Å². The van der Waals surface area contributed by atoms with Crippen LogP contribution in [0.15, 0.2) is 18.2 Å². The fraction of sp³-hybridized carbons (Fsp3) is 0.455. The van der Waals surface area contributed by atoms with Gasteiger partial charge in [-0.15, -0.1) is 0 Å². The number of aliphatic hydroxyl groups excluding tert-OH is 1. The molecule has 1 rings (SSSR count). The zero-order valence-corrected chi connectivity index (χ0v) is 8.68. The highest BCUT2D eigenvalue weighted by molar-refractivity contribution is 5.27. The molecule has 0 radical (unpaired) electrons. The second-order valence-electron chi connectivity index (χ2n) is 3.58. The van der Waals surface area contributed by atoms with E-state index in [9.17, 15) is 22.7 Å². The van der Waals surface area contributed by atoms with E-state index in [1.165, 1.54) is 6.07 Å². The van der Waals surface area contributed by atoms with Crippen LogP contribution in [0.5, 0.6) is 0 Å². The topological polar surface area (TPSA) is 20.2 Å². The molecule has 0 aliphatic heterocycles. The molecule has 1 nitrogen and oxygen atoms in total. The first-order chi connectivity index (χ1) is 7.34. The predicted octanol–water partition coefficient (Wildman–Crippen LogP) is 3.16. The van der Waals surface area contributed by atoms with E-state index < -0.39 is 23.7 Å². The van der Waals surface area contributed by atoms with Crippen LogP contribution < -0.4 is 0 Å². The Bertz CT molecular complexity index is 359. The monoisotopic (exact) mass is 236 g/mol. The summed E-state index contributed by atoms with van der Waals surface area (Å²) < 4.78 is 49.9. The quantitative estimate of drug-likeness (QED) is 0.799. The Kier molecular flexibility index (Phi) is 3.91. The third kappa shape index (κ3) is 3.20. The average Bonchev–Trinajstić information content (AvgIpc) is 2.19. The Labute approximate surface area is 90.7 Å². The molecule has 0 aromatic heterocycles. The molecule has 0 aliphatic rings. The summed E-state index contributed by atoms with van der Waals surface area (Å²) in [7, 11) is 0. The lowest BCUT2D eigenvalue weighted by molar-refractivity contribution is -0.140. The summed E-state index contributed by atoms with van der Waals surface area (Å²) in [5, 5.41) is 9.30. The molecule has 0 fully saturated rings. The Balaban J connectivity index is 2.99. The van der Waals surface area contributed by atoms with E-state index in [2.05, 4.69) is 0 Å². The van der Waals surface area contributed by atoms with Crippen molar-refractivity contribution >= 4 is 0 Å². The lowest BCUT2D eigenvalue weighted by atomic mass is 10.0. The smallest absolute Gasteiger partial charge is 0.393 e. The summed E-state index contributed by atoms with van der Waals surface area (Å²) in [6, 6.07) is 2.78. The minimum absolute atomic E-state index is 0.0971. The SMILES string of the molecule is CCC(O)Cc1ccc(F)c(C(F)(F)F)c1. The third-order valence-corrected chi connectivity index (χ3v) is 2.28. The molecule has 1 aromatic carbocycles. The molecule has 5 heteroatoms. The predicted molar refractivity (Wildman–Crippen MR) is 51.4 cm³/mol. The van der Waals surface area contributed by atoms with Gasteiger partial charge in [0.1, 0.15) is 5.82 Å². The lowest BCUT2D eigenvalue weighted by Gasteiger charge is -2.12. The summed E-state index contributed by atoms with van der Waals surface area (Å²) in [5.41, 5.74) is -1.00. The Morgan fingerprint density at radius 3 is 2.44 bits per heavy atom. The van der Waals surface area contributed by atoms with Gasteiger partial charge in [-0.2, -0.15) is 13.2 Å². The maximum Gasteiger partial charge on any atom is 0.419 e. The van der Waals surface area contributed by atoms with Crippen molar-refractivity contribution in [2.75, 3.05) is 0 Å². The van der Waals surface area contributed by atoms with Crippen LogP contribution in [0.4, 0.5) is 17.6 Å². The molecular weight excluding hydrogens is 224 g/mol. The van der Waals surface area contributed by atoms with Gasteiger partial charge in [0.25, 0.3) is 0 Å². The number of alkyl halides is 3. The molecule has 0 amide bonds. The summed E-state index contributed by atoms with van der Waals surface area (Å²) in [5.74, 6) is -1.29. The van der Waals surface area contributed by atoms with Gasteiger partial charge in [-0.1, -0.05) is 13.0 Å². The first kappa shape index (κ1) is 13.0. The van der Waals surface area contributed by atoms with Crippen LogP contribution >= 0.6 is 0 Å². The van der Waals surface area contributed by atoms with Crippen LogP contribution in [0.1, 0.15) is 24.5 Å². The molecule has 16 heavy (non-hydrogen) atoms. The van der Waals surface area contributed by atoms with Gasteiger partial charge in [0.15, 0.2) is 0 Å². The third-order valence-electron chi connectivity index (χ3n) is 2.28. The zero-order valence-electron chi connectivity index (χ0n) is 8.68. The van der Waals surface area contributed by atoms with E-state index in [-0.39, 0.29) is 12.0 Å². The van der Waals surface area contributed by atoms with Crippen LogP contribution in [-0.2, 0) is 12.6 Å². The van der Waals surface area contributed by atoms with Crippen LogP contribution in [0, 0.1) is 5.82 Å². The molecular formula is C11H12F4O. The first-order valence-corrected chi connectivity index (χ1v) is 4.88. The minimum atomic E-state index is -4.70. The largest absolute Gasteiger partial charge is 0.419 e. The molecule has 0 aliphatic carbocycles. The molecule has 0 heterocycles. The van der Waals surface area contributed by atoms with Gasteiger partial charge < -0.3 is 5.11 Å². The molecule has 1 atom stereocenters. The van der Waals surface area contributed by atoms with E-state index in [1.807, 2.05) is 0 Å². The maximum absolute atomic E-state index is 12.9. The normalized spacial score (nSPS) is 13.9. The molecule has 1 unspecified atom stereocenters. The summed E-state index contributed by atoms with van der Waals surface area (Å²) in [6.07, 6.45) is -4.86. The summed E-state index contributed by atoms with van der Waals surface area (Å²) in [6.45, 7) is 1.72. The van der Waals surface area contributed by atoms with Gasteiger partial charge in [0.05, 0.1) is 11.7 Å². The molecule has 0 bridgehead atoms. The number of hydrogen-bond donors (Lipinski definition) is 1.